The van der Waals surface area contributed by atoms with Gasteiger partial charge in [0.25, 0.3) is 0 Å². The van der Waals surface area contributed by atoms with Gasteiger partial charge in [-0.05, 0) is 56.0 Å². The molecule has 2 aliphatic heterocycles. The number of rotatable bonds is 9. The molecule has 0 radical (unpaired) electrons. The average molecular weight is 471 g/mol. The first-order valence-corrected chi connectivity index (χ1v) is 12.4. The molecule has 1 aromatic heterocycles. The van der Waals surface area contributed by atoms with Crippen LogP contribution in [0.25, 0.3) is 0 Å². The van der Waals surface area contributed by atoms with Gasteiger partial charge in [0.05, 0.1) is 36.8 Å². The number of anilines is 1. The van der Waals surface area contributed by atoms with Crippen LogP contribution in [0.15, 0.2) is 41.8 Å². The van der Waals surface area contributed by atoms with Gasteiger partial charge in [0, 0.05) is 4.88 Å². The van der Waals surface area contributed by atoms with Gasteiger partial charge in [-0.1, -0.05) is 25.8 Å². The van der Waals surface area contributed by atoms with Crippen LogP contribution < -0.4 is 15.0 Å². The molecule has 2 amide bonds. The second kappa shape index (κ2) is 9.65. The largest absolute Gasteiger partial charge is 0.494 e. The van der Waals surface area contributed by atoms with Gasteiger partial charge in [0.15, 0.2) is 0 Å². The quantitative estimate of drug-likeness (QED) is 0.439. The minimum absolute atomic E-state index is 0.209. The predicted molar refractivity (Wildman–Crippen MR) is 126 cm³/mol. The highest BCUT2D eigenvalue weighted by Crippen LogP contribution is 2.52. The van der Waals surface area contributed by atoms with Crippen molar-refractivity contribution in [3.63, 3.8) is 0 Å². The number of fused-ring (bicyclic) bond motifs is 1. The van der Waals surface area contributed by atoms with E-state index in [1.807, 2.05) is 31.4 Å². The molecule has 2 saturated heterocycles. The zero-order valence-corrected chi connectivity index (χ0v) is 20.0. The van der Waals surface area contributed by atoms with Crippen molar-refractivity contribution in [2.24, 2.45) is 11.8 Å². The number of amides is 2. The maximum absolute atomic E-state index is 13.8. The second-order valence-corrected chi connectivity index (χ2v) is 9.35. The summed E-state index contributed by atoms with van der Waals surface area (Å²) in [5, 5.41) is 5.37. The normalized spacial score (nSPS) is 26.5. The van der Waals surface area contributed by atoms with E-state index in [4.69, 9.17) is 9.47 Å². The summed E-state index contributed by atoms with van der Waals surface area (Å²) in [5.74, 6) is -1.93. The summed E-state index contributed by atoms with van der Waals surface area (Å²) in [4.78, 5) is 43.1. The average Bonchev–Trinajstić information content (AvgIpc) is 3.51. The molecule has 2 aliphatic rings. The van der Waals surface area contributed by atoms with Crippen LogP contribution in [-0.2, 0) is 19.1 Å². The van der Waals surface area contributed by atoms with E-state index in [1.54, 1.807) is 31.2 Å². The molecule has 2 fully saturated rings. The van der Waals surface area contributed by atoms with Gasteiger partial charge in [-0.15, -0.1) is 11.3 Å². The Morgan fingerprint density at radius 1 is 1.09 bits per heavy atom. The number of unbranched alkanes of at least 4 members (excludes halogenated alkanes) is 1. The molecule has 0 bridgehead atoms. The van der Waals surface area contributed by atoms with E-state index in [-0.39, 0.29) is 18.4 Å². The summed E-state index contributed by atoms with van der Waals surface area (Å²) >= 11 is 1.51. The molecule has 4 rings (SSSR count). The highest BCUT2D eigenvalue weighted by atomic mass is 32.1. The zero-order valence-electron chi connectivity index (χ0n) is 19.2. The van der Waals surface area contributed by atoms with Crippen LogP contribution in [0, 0.1) is 11.8 Å². The number of benzene rings is 1. The lowest BCUT2D eigenvalue weighted by Crippen LogP contribution is -2.56. The van der Waals surface area contributed by atoms with Crippen LogP contribution >= 0.6 is 11.3 Å². The SMILES string of the molecule is CCCC[C@]1(C(=O)OCC)N[C@H](c2cccs2)[C@H]2C(=O)N(c3ccc(OCC)cc3)C(=O)[C@@H]21. The molecule has 1 aromatic carbocycles. The van der Waals surface area contributed by atoms with Crippen molar-refractivity contribution in [2.75, 3.05) is 18.1 Å². The first-order valence-electron chi connectivity index (χ1n) is 11.6. The summed E-state index contributed by atoms with van der Waals surface area (Å²) in [7, 11) is 0. The fraction of sp³-hybridized carbons (Fsp3) is 0.480. The summed E-state index contributed by atoms with van der Waals surface area (Å²) in [6.07, 6.45) is 2.02. The van der Waals surface area contributed by atoms with Crippen molar-refractivity contribution >= 4 is 34.8 Å². The fourth-order valence-electron chi connectivity index (χ4n) is 5.06. The van der Waals surface area contributed by atoms with Gasteiger partial charge in [-0.3, -0.25) is 19.7 Å². The van der Waals surface area contributed by atoms with Crippen LogP contribution in [0.2, 0.25) is 0 Å². The van der Waals surface area contributed by atoms with Gasteiger partial charge < -0.3 is 9.47 Å². The van der Waals surface area contributed by atoms with Crippen LogP contribution in [0.5, 0.6) is 5.75 Å². The number of imide groups is 1. The van der Waals surface area contributed by atoms with E-state index in [0.29, 0.717) is 24.5 Å². The number of nitrogens with zero attached hydrogens (tertiary/aromatic N) is 1. The topological polar surface area (TPSA) is 84.9 Å². The van der Waals surface area contributed by atoms with E-state index >= 15 is 0 Å². The molecule has 0 unspecified atom stereocenters. The molecule has 7 nitrogen and oxygen atoms in total. The van der Waals surface area contributed by atoms with Crippen molar-refractivity contribution < 1.29 is 23.9 Å². The van der Waals surface area contributed by atoms with Crippen LogP contribution in [0.3, 0.4) is 0 Å². The number of esters is 1. The number of ether oxygens (including phenoxy) is 2. The van der Waals surface area contributed by atoms with E-state index in [1.165, 1.54) is 16.2 Å². The number of carbonyl (C=O) groups excluding carboxylic acids is 3. The van der Waals surface area contributed by atoms with E-state index in [0.717, 1.165) is 17.7 Å². The lowest BCUT2D eigenvalue weighted by atomic mass is 9.77. The number of hydrogen-bond donors (Lipinski definition) is 1. The lowest BCUT2D eigenvalue weighted by molar-refractivity contribution is -0.155. The molecule has 3 heterocycles. The number of thiophene rings is 1. The van der Waals surface area contributed by atoms with Crippen LogP contribution in [0.4, 0.5) is 5.69 Å². The van der Waals surface area contributed by atoms with Crippen LogP contribution in [0.1, 0.15) is 51.0 Å². The Balaban J connectivity index is 1.78. The molecule has 0 saturated carbocycles. The third-order valence-corrected chi connectivity index (χ3v) is 7.43. The molecule has 2 aromatic rings. The van der Waals surface area contributed by atoms with Gasteiger partial charge in [-0.2, -0.15) is 0 Å². The molecule has 33 heavy (non-hydrogen) atoms. The maximum atomic E-state index is 13.8. The van der Waals surface area contributed by atoms with Crippen molar-refractivity contribution in [2.45, 2.75) is 51.6 Å². The Morgan fingerprint density at radius 2 is 1.85 bits per heavy atom. The minimum Gasteiger partial charge on any atom is -0.494 e. The lowest BCUT2D eigenvalue weighted by Gasteiger charge is -2.32. The smallest absolute Gasteiger partial charge is 0.327 e. The Labute approximate surface area is 198 Å². The van der Waals surface area contributed by atoms with Crippen LogP contribution in [-0.4, -0.2) is 36.5 Å². The molecule has 0 spiro atoms. The first kappa shape index (κ1) is 23.4. The standard InChI is InChI=1S/C25H30N2O5S/c1-4-7-14-25(24(30)32-6-3)20-19(21(26-25)18-9-8-15-33-18)22(28)27(23(20)29)16-10-12-17(13-11-16)31-5-2/h8-13,15,19-21,26H,4-7,14H2,1-3H3/t19-,20+,21+,25-/m0/s1. The third-order valence-electron chi connectivity index (χ3n) is 6.47. The third kappa shape index (κ3) is 3.95. The van der Waals surface area contributed by atoms with E-state index in [2.05, 4.69) is 5.32 Å². The molecular formula is C25H30N2O5S. The Hall–Kier alpha value is -2.71. The predicted octanol–water partition coefficient (Wildman–Crippen LogP) is 4.09. The van der Waals surface area contributed by atoms with Crippen molar-refractivity contribution in [3.05, 3.63) is 46.7 Å². The number of hydrogen-bond acceptors (Lipinski definition) is 7. The molecule has 176 valence electrons. The Bertz CT molecular complexity index is 1010. The summed E-state index contributed by atoms with van der Waals surface area (Å²) < 4.78 is 11.0. The minimum atomic E-state index is -1.24. The van der Waals surface area contributed by atoms with Gasteiger partial charge in [0.2, 0.25) is 11.8 Å². The van der Waals surface area contributed by atoms with Crippen molar-refractivity contribution in [1.29, 1.82) is 0 Å². The molecule has 8 heteroatoms. The molecule has 0 aliphatic carbocycles. The first-order chi connectivity index (χ1) is 16.0. The monoisotopic (exact) mass is 470 g/mol. The summed E-state index contributed by atoms with van der Waals surface area (Å²) in [5.41, 5.74) is -0.751. The molecule has 1 N–H and O–H groups in total. The number of carbonyl (C=O) groups is 3. The second-order valence-electron chi connectivity index (χ2n) is 8.38. The van der Waals surface area contributed by atoms with Gasteiger partial charge in [-0.25, -0.2) is 4.90 Å². The Morgan fingerprint density at radius 3 is 2.45 bits per heavy atom. The summed E-state index contributed by atoms with van der Waals surface area (Å²) in [6, 6.07) is 10.4. The van der Waals surface area contributed by atoms with E-state index in [9.17, 15) is 14.4 Å². The Kier molecular flexibility index (Phi) is 6.86. The van der Waals surface area contributed by atoms with Gasteiger partial charge >= 0.3 is 5.97 Å². The van der Waals surface area contributed by atoms with Gasteiger partial charge in [0.1, 0.15) is 11.3 Å². The van der Waals surface area contributed by atoms with Crippen molar-refractivity contribution in [3.8, 4) is 5.75 Å². The fourth-order valence-corrected chi connectivity index (χ4v) is 5.89. The molecular weight excluding hydrogens is 440 g/mol. The number of nitrogens with one attached hydrogen (secondary N) is 1. The van der Waals surface area contributed by atoms with E-state index < -0.39 is 29.4 Å². The van der Waals surface area contributed by atoms with Crippen molar-refractivity contribution in [1.82, 2.24) is 5.32 Å². The highest BCUT2D eigenvalue weighted by molar-refractivity contribution is 7.10. The highest BCUT2D eigenvalue weighted by Gasteiger charge is 2.68. The summed E-state index contributed by atoms with van der Waals surface area (Å²) in [6.45, 7) is 6.42. The zero-order chi connectivity index (χ0) is 23.6. The molecule has 4 atom stereocenters. The maximum Gasteiger partial charge on any atom is 0.327 e.